The zero-order valence-electron chi connectivity index (χ0n) is 14.0. The van der Waals surface area contributed by atoms with Crippen LogP contribution in [-0.2, 0) is 21.9 Å². The SMILES string of the molecule is CC(NS(=O)(=O)CCc1cnoc1)c1ccc(C(C)(C)C)cc1. The van der Waals surface area contributed by atoms with E-state index in [1.54, 1.807) is 0 Å². The first-order chi connectivity index (χ1) is 10.7. The molecule has 1 atom stereocenters. The van der Waals surface area contributed by atoms with Crippen LogP contribution >= 0.6 is 0 Å². The number of rotatable bonds is 6. The van der Waals surface area contributed by atoms with Crippen molar-refractivity contribution in [3.8, 4) is 0 Å². The number of sulfonamides is 1. The monoisotopic (exact) mass is 336 g/mol. The highest BCUT2D eigenvalue weighted by molar-refractivity contribution is 7.89. The van der Waals surface area contributed by atoms with Gasteiger partial charge in [0.25, 0.3) is 0 Å². The molecule has 1 unspecified atom stereocenters. The van der Waals surface area contributed by atoms with Crippen LogP contribution in [-0.4, -0.2) is 19.3 Å². The van der Waals surface area contributed by atoms with Crippen LogP contribution in [0.4, 0.5) is 0 Å². The lowest BCUT2D eigenvalue weighted by Gasteiger charge is -2.20. The van der Waals surface area contributed by atoms with E-state index in [2.05, 4.69) is 42.8 Å². The van der Waals surface area contributed by atoms with Gasteiger partial charge in [-0.3, -0.25) is 0 Å². The lowest BCUT2D eigenvalue weighted by atomic mass is 9.86. The third-order valence-electron chi connectivity index (χ3n) is 3.78. The highest BCUT2D eigenvalue weighted by Crippen LogP contribution is 2.24. The molecule has 0 aliphatic heterocycles. The Bertz CT molecular complexity index is 714. The Labute approximate surface area is 138 Å². The minimum absolute atomic E-state index is 0.0125. The Morgan fingerprint density at radius 3 is 2.39 bits per heavy atom. The number of hydrogen-bond donors (Lipinski definition) is 1. The zero-order valence-corrected chi connectivity index (χ0v) is 14.9. The molecule has 1 aromatic heterocycles. The molecule has 1 N–H and O–H groups in total. The van der Waals surface area contributed by atoms with E-state index in [1.807, 2.05) is 19.1 Å². The van der Waals surface area contributed by atoms with E-state index < -0.39 is 10.0 Å². The van der Waals surface area contributed by atoms with Gasteiger partial charge in [-0.15, -0.1) is 0 Å². The van der Waals surface area contributed by atoms with Gasteiger partial charge in [0.15, 0.2) is 0 Å². The summed E-state index contributed by atoms with van der Waals surface area (Å²) in [6.45, 7) is 8.31. The maximum absolute atomic E-state index is 12.2. The first kappa shape index (κ1) is 17.7. The first-order valence-electron chi connectivity index (χ1n) is 7.66. The molecule has 2 aromatic rings. The van der Waals surface area contributed by atoms with Gasteiger partial charge in [0.05, 0.1) is 11.9 Å². The Balaban J connectivity index is 1.98. The minimum atomic E-state index is -3.36. The Morgan fingerprint density at radius 2 is 1.87 bits per heavy atom. The molecular formula is C17H24N2O3S. The third kappa shape index (κ3) is 5.18. The van der Waals surface area contributed by atoms with E-state index in [9.17, 15) is 8.42 Å². The number of nitrogens with zero attached hydrogens (tertiary/aromatic N) is 1. The summed E-state index contributed by atoms with van der Waals surface area (Å²) in [6, 6.07) is 7.80. The van der Waals surface area contributed by atoms with Crippen LogP contribution in [0.15, 0.2) is 41.2 Å². The van der Waals surface area contributed by atoms with Gasteiger partial charge >= 0.3 is 0 Å². The molecule has 0 aliphatic carbocycles. The van der Waals surface area contributed by atoms with Crippen LogP contribution in [0, 0.1) is 0 Å². The summed E-state index contributed by atoms with van der Waals surface area (Å²) in [5.41, 5.74) is 3.03. The molecule has 0 radical (unpaired) electrons. The number of nitrogens with one attached hydrogen (secondary N) is 1. The van der Waals surface area contributed by atoms with Crippen LogP contribution in [0.5, 0.6) is 0 Å². The molecule has 0 saturated heterocycles. The number of hydrogen-bond acceptors (Lipinski definition) is 4. The van der Waals surface area contributed by atoms with E-state index in [4.69, 9.17) is 4.52 Å². The maximum Gasteiger partial charge on any atom is 0.212 e. The highest BCUT2D eigenvalue weighted by Gasteiger charge is 2.18. The summed E-state index contributed by atoms with van der Waals surface area (Å²) in [5, 5.41) is 3.57. The summed E-state index contributed by atoms with van der Waals surface area (Å²) in [6.07, 6.45) is 3.38. The summed E-state index contributed by atoms with van der Waals surface area (Å²) in [4.78, 5) is 0. The van der Waals surface area contributed by atoms with Gasteiger partial charge < -0.3 is 4.52 Å². The fourth-order valence-corrected chi connectivity index (χ4v) is 3.57. The largest absolute Gasteiger partial charge is 0.364 e. The van der Waals surface area contributed by atoms with Crippen molar-refractivity contribution in [2.24, 2.45) is 0 Å². The van der Waals surface area contributed by atoms with Gasteiger partial charge in [0.1, 0.15) is 6.26 Å². The summed E-state index contributed by atoms with van der Waals surface area (Å²) in [5.74, 6) is 0.0125. The predicted molar refractivity (Wildman–Crippen MR) is 90.7 cm³/mol. The van der Waals surface area contributed by atoms with Crippen molar-refractivity contribution in [3.05, 3.63) is 53.4 Å². The molecule has 0 aliphatic rings. The van der Waals surface area contributed by atoms with Crippen molar-refractivity contribution in [1.29, 1.82) is 0 Å². The zero-order chi connectivity index (χ0) is 17.1. The van der Waals surface area contributed by atoms with Crippen molar-refractivity contribution < 1.29 is 12.9 Å². The second kappa shape index (κ2) is 6.84. The average molecular weight is 336 g/mol. The topological polar surface area (TPSA) is 72.2 Å². The lowest BCUT2D eigenvalue weighted by Crippen LogP contribution is -2.30. The van der Waals surface area contributed by atoms with Crippen molar-refractivity contribution >= 4 is 10.0 Å². The minimum Gasteiger partial charge on any atom is -0.364 e. The molecule has 6 heteroatoms. The molecule has 5 nitrogen and oxygen atoms in total. The lowest BCUT2D eigenvalue weighted by molar-refractivity contribution is 0.419. The third-order valence-corrected chi connectivity index (χ3v) is 5.23. The number of aryl methyl sites for hydroxylation is 1. The number of benzene rings is 1. The van der Waals surface area contributed by atoms with Crippen LogP contribution in [0.25, 0.3) is 0 Å². The number of aromatic nitrogens is 1. The fraction of sp³-hybridized carbons (Fsp3) is 0.471. The van der Waals surface area contributed by atoms with Crippen LogP contribution < -0.4 is 4.72 Å². The van der Waals surface area contributed by atoms with E-state index >= 15 is 0 Å². The molecule has 0 spiro atoms. The molecule has 0 bridgehead atoms. The second-order valence-corrected chi connectivity index (χ2v) is 8.69. The maximum atomic E-state index is 12.2. The smallest absolute Gasteiger partial charge is 0.212 e. The van der Waals surface area contributed by atoms with Gasteiger partial charge in [0.2, 0.25) is 10.0 Å². The molecule has 2 rings (SSSR count). The van der Waals surface area contributed by atoms with E-state index in [-0.39, 0.29) is 17.2 Å². The van der Waals surface area contributed by atoms with Gasteiger partial charge in [-0.25, -0.2) is 13.1 Å². The second-order valence-electron chi connectivity index (χ2n) is 6.81. The summed E-state index contributed by atoms with van der Waals surface area (Å²) >= 11 is 0. The van der Waals surface area contributed by atoms with Gasteiger partial charge in [-0.1, -0.05) is 50.2 Å². The quantitative estimate of drug-likeness (QED) is 0.879. The molecule has 23 heavy (non-hydrogen) atoms. The summed E-state index contributed by atoms with van der Waals surface area (Å²) < 4.78 is 31.8. The Hall–Kier alpha value is -1.66. The molecule has 126 valence electrons. The molecule has 1 aromatic carbocycles. The van der Waals surface area contributed by atoms with E-state index in [0.29, 0.717) is 6.42 Å². The van der Waals surface area contributed by atoms with Crippen molar-refractivity contribution in [2.75, 3.05) is 5.75 Å². The van der Waals surface area contributed by atoms with Gasteiger partial charge in [-0.05, 0) is 29.9 Å². The van der Waals surface area contributed by atoms with Crippen LogP contribution in [0.1, 0.15) is 50.4 Å². The Kier molecular flexibility index (Phi) is 5.26. The average Bonchev–Trinajstić information content (AvgIpc) is 2.97. The first-order valence-corrected chi connectivity index (χ1v) is 9.31. The van der Waals surface area contributed by atoms with Crippen LogP contribution in [0.2, 0.25) is 0 Å². The molecular weight excluding hydrogens is 312 g/mol. The van der Waals surface area contributed by atoms with Crippen molar-refractivity contribution in [3.63, 3.8) is 0 Å². The molecule has 0 amide bonds. The van der Waals surface area contributed by atoms with E-state index in [0.717, 1.165) is 11.1 Å². The molecule has 0 fully saturated rings. The Morgan fingerprint density at radius 1 is 1.22 bits per heavy atom. The van der Waals surface area contributed by atoms with Gasteiger partial charge in [0, 0.05) is 11.6 Å². The van der Waals surface area contributed by atoms with Crippen molar-refractivity contribution in [1.82, 2.24) is 9.88 Å². The predicted octanol–water partition coefficient (Wildman–Crippen LogP) is 3.20. The summed E-state index contributed by atoms with van der Waals surface area (Å²) in [7, 11) is -3.36. The molecule has 1 heterocycles. The van der Waals surface area contributed by atoms with E-state index in [1.165, 1.54) is 18.0 Å². The van der Waals surface area contributed by atoms with Crippen LogP contribution in [0.3, 0.4) is 0 Å². The van der Waals surface area contributed by atoms with Crippen molar-refractivity contribution in [2.45, 2.75) is 45.6 Å². The highest BCUT2D eigenvalue weighted by atomic mass is 32.2. The fourth-order valence-electron chi connectivity index (χ4n) is 2.27. The normalized spacial score (nSPS) is 13.9. The van der Waals surface area contributed by atoms with Gasteiger partial charge in [-0.2, -0.15) is 0 Å². The molecule has 0 saturated carbocycles. The standard InChI is InChI=1S/C17H24N2O3S/c1-13(15-5-7-16(8-6-15)17(2,3)4)19-23(20,21)10-9-14-11-18-22-12-14/h5-8,11-13,19H,9-10H2,1-4H3.